The number of benzene rings is 2. The van der Waals surface area contributed by atoms with Crippen molar-refractivity contribution in [2.45, 2.75) is 19.1 Å². The maximum Gasteiger partial charge on any atom is 0.215 e. The molecule has 4 nitrogen and oxygen atoms in total. The summed E-state index contributed by atoms with van der Waals surface area (Å²) in [4.78, 5) is 0. The van der Waals surface area contributed by atoms with Crippen LogP contribution in [-0.4, -0.2) is 27.4 Å². The molecule has 0 saturated carbocycles. The Kier molecular flexibility index (Phi) is 5.87. The number of nitrogens with one attached hydrogen (secondary N) is 1. The zero-order valence-corrected chi connectivity index (χ0v) is 13.9. The van der Waals surface area contributed by atoms with E-state index in [-0.39, 0.29) is 5.75 Å². The van der Waals surface area contributed by atoms with Gasteiger partial charge in [-0.25, -0.2) is 17.5 Å². The second-order valence-electron chi connectivity index (χ2n) is 5.34. The fourth-order valence-corrected chi connectivity index (χ4v) is 3.75. The van der Waals surface area contributed by atoms with Gasteiger partial charge in [-0.15, -0.1) is 0 Å². The van der Waals surface area contributed by atoms with Crippen LogP contribution in [0.5, 0.6) is 0 Å². The Morgan fingerprint density at radius 1 is 1.09 bits per heavy atom. The molecule has 0 aliphatic carbocycles. The number of halogens is 1. The van der Waals surface area contributed by atoms with E-state index in [1.165, 1.54) is 19.2 Å². The Balaban J connectivity index is 2.35. The van der Waals surface area contributed by atoms with E-state index in [0.29, 0.717) is 5.56 Å². The van der Waals surface area contributed by atoms with Crippen molar-refractivity contribution in [3.8, 4) is 0 Å². The van der Waals surface area contributed by atoms with Crippen LogP contribution >= 0.6 is 0 Å². The van der Waals surface area contributed by atoms with E-state index < -0.39 is 28.0 Å². The highest BCUT2D eigenvalue weighted by molar-refractivity contribution is 7.89. The highest BCUT2D eigenvalue weighted by atomic mass is 32.2. The Hall–Kier alpha value is -1.76. The zero-order valence-electron chi connectivity index (χ0n) is 13.1. The standard InChI is InChI=1S/C17H20FNO3S/c1-13(22-2)12-23(20,21)19-17(14-7-4-3-5-8-14)15-9-6-10-16(18)11-15/h3-11,13,17,19H,12H2,1-2H3. The number of methoxy groups -OCH3 is 1. The number of hydrogen-bond donors (Lipinski definition) is 1. The van der Waals surface area contributed by atoms with Gasteiger partial charge in [0.15, 0.2) is 0 Å². The van der Waals surface area contributed by atoms with Crippen molar-refractivity contribution < 1.29 is 17.5 Å². The monoisotopic (exact) mass is 337 g/mol. The predicted octanol–water partition coefficient (Wildman–Crippen LogP) is 2.87. The van der Waals surface area contributed by atoms with E-state index in [1.54, 1.807) is 31.2 Å². The summed E-state index contributed by atoms with van der Waals surface area (Å²) in [6.07, 6.45) is -0.434. The molecule has 0 saturated heterocycles. The third-order valence-electron chi connectivity index (χ3n) is 3.47. The lowest BCUT2D eigenvalue weighted by Gasteiger charge is -2.21. The number of ether oxygens (including phenoxy) is 1. The zero-order chi connectivity index (χ0) is 16.9. The second kappa shape index (κ2) is 7.68. The van der Waals surface area contributed by atoms with E-state index >= 15 is 0 Å². The van der Waals surface area contributed by atoms with Crippen molar-refractivity contribution in [1.82, 2.24) is 4.72 Å². The molecule has 0 aliphatic rings. The van der Waals surface area contributed by atoms with Crippen molar-refractivity contribution in [2.75, 3.05) is 12.9 Å². The molecule has 6 heteroatoms. The first kappa shape index (κ1) is 17.6. The first-order chi connectivity index (χ1) is 10.9. The molecule has 2 atom stereocenters. The van der Waals surface area contributed by atoms with Gasteiger partial charge >= 0.3 is 0 Å². The first-order valence-electron chi connectivity index (χ1n) is 7.24. The van der Waals surface area contributed by atoms with Crippen LogP contribution in [0.25, 0.3) is 0 Å². The summed E-state index contributed by atoms with van der Waals surface area (Å²) in [7, 11) is -2.14. The number of sulfonamides is 1. The Bertz CT molecular complexity index is 735. The molecular weight excluding hydrogens is 317 g/mol. The molecule has 2 aromatic carbocycles. The topological polar surface area (TPSA) is 55.4 Å². The molecule has 1 N–H and O–H groups in total. The minimum absolute atomic E-state index is 0.165. The van der Waals surface area contributed by atoms with Gasteiger partial charge in [-0.05, 0) is 30.2 Å². The van der Waals surface area contributed by atoms with E-state index in [2.05, 4.69) is 4.72 Å². The van der Waals surface area contributed by atoms with Crippen molar-refractivity contribution >= 4 is 10.0 Å². The van der Waals surface area contributed by atoms with E-state index in [4.69, 9.17) is 4.74 Å². The molecule has 0 aliphatic heterocycles. The van der Waals surface area contributed by atoms with Crippen LogP contribution in [0.2, 0.25) is 0 Å². The molecule has 0 spiro atoms. The summed E-state index contributed by atoms with van der Waals surface area (Å²) in [5, 5.41) is 0. The van der Waals surface area contributed by atoms with Crippen molar-refractivity contribution in [3.05, 3.63) is 71.5 Å². The highest BCUT2D eigenvalue weighted by Gasteiger charge is 2.23. The molecular formula is C17H20FNO3S. The summed E-state index contributed by atoms with van der Waals surface area (Å²) < 4.78 is 45.9. The maximum absolute atomic E-state index is 13.5. The quantitative estimate of drug-likeness (QED) is 0.845. The lowest BCUT2D eigenvalue weighted by Crippen LogP contribution is -2.35. The fourth-order valence-electron chi connectivity index (χ4n) is 2.26. The van der Waals surface area contributed by atoms with E-state index in [1.807, 2.05) is 18.2 Å². The van der Waals surface area contributed by atoms with Crippen molar-refractivity contribution in [2.24, 2.45) is 0 Å². The van der Waals surface area contributed by atoms with Crippen LogP contribution in [0.4, 0.5) is 4.39 Å². The van der Waals surface area contributed by atoms with Gasteiger partial charge in [0.2, 0.25) is 10.0 Å². The van der Waals surface area contributed by atoms with Crippen molar-refractivity contribution in [3.63, 3.8) is 0 Å². The third kappa shape index (κ3) is 5.13. The molecule has 0 heterocycles. The molecule has 2 aromatic rings. The minimum atomic E-state index is -3.60. The number of hydrogen-bond acceptors (Lipinski definition) is 3. The Morgan fingerprint density at radius 2 is 1.74 bits per heavy atom. The summed E-state index contributed by atoms with van der Waals surface area (Å²) >= 11 is 0. The van der Waals surface area contributed by atoms with E-state index in [0.717, 1.165) is 5.56 Å². The molecule has 124 valence electrons. The van der Waals surface area contributed by atoms with Gasteiger partial charge in [-0.2, -0.15) is 0 Å². The van der Waals surface area contributed by atoms with Gasteiger partial charge in [0, 0.05) is 7.11 Å². The van der Waals surface area contributed by atoms with Gasteiger partial charge in [0.25, 0.3) is 0 Å². The molecule has 0 fully saturated rings. The van der Waals surface area contributed by atoms with Gasteiger partial charge in [-0.3, -0.25) is 0 Å². The summed E-state index contributed by atoms with van der Waals surface area (Å²) in [6, 6.07) is 14.3. The molecule has 0 bridgehead atoms. The van der Waals surface area contributed by atoms with Crippen molar-refractivity contribution in [1.29, 1.82) is 0 Å². The number of rotatable bonds is 7. The first-order valence-corrected chi connectivity index (χ1v) is 8.90. The average molecular weight is 337 g/mol. The predicted molar refractivity (Wildman–Crippen MR) is 88.1 cm³/mol. The Morgan fingerprint density at radius 3 is 2.35 bits per heavy atom. The minimum Gasteiger partial charge on any atom is -0.381 e. The van der Waals surface area contributed by atoms with Crippen LogP contribution in [0.1, 0.15) is 24.1 Å². The summed E-state index contributed by atoms with van der Waals surface area (Å²) in [5.41, 5.74) is 1.29. The third-order valence-corrected chi connectivity index (χ3v) is 4.97. The van der Waals surface area contributed by atoms with Gasteiger partial charge in [0.1, 0.15) is 5.82 Å². The van der Waals surface area contributed by atoms with Crippen LogP contribution in [0, 0.1) is 5.82 Å². The lowest BCUT2D eigenvalue weighted by molar-refractivity contribution is 0.136. The van der Waals surface area contributed by atoms with Crippen LogP contribution in [0.3, 0.4) is 0 Å². The van der Waals surface area contributed by atoms with Gasteiger partial charge in [0.05, 0.1) is 17.9 Å². The molecule has 23 heavy (non-hydrogen) atoms. The second-order valence-corrected chi connectivity index (χ2v) is 7.14. The highest BCUT2D eigenvalue weighted by Crippen LogP contribution is 2.23. The largest absolute Gasteiger partial charge is 0.381 e. The van der Waals surface area contributed by atoms with Crippen LogP contribution < -0.4 is 4.72 Å². The average Bonchev–Trinajstić information content (AvgIpc) is 2.53. The molecule has 0 radical (unpaired) electrons. The van der Waals surface area contributed by atoms with Crippen LogP contribution in [0.15, 0.2) is 54.6 Å². The Labute approximate surface area is 136 Å². The molecule has 0 amide bonds. The van der Waals surface area contributed by atoms with E-state index in [9.17, 15) is 12.8 Å². The molecule has 2 unspecified atom stereocenters. The SMILES string of the molecule is COC(C)CS(=O)(=O)NC(c1ccccc1)c1cccc(F)c1. The lowest BCUT2D eigenvalue weighted by atomic mass is 10.00. The normalized spacial score (nSPS) is 14.4. The van der Waals surface area contributed by atoms with Gasteiger partial charge < -0.3 is 4.74 Å². The summed E-state index contributed by atoms with van der Waals surface area (Å²) in [5.74, 6) is -0.574. The fraction of sp³-hybridized carbons (Fsp3) is 0.294. The maximum atomic E-state index is 13.5. The summed E-state index contributed by atoms with van der Waals surface area (Å²) in [6.45, 7) is 1.68. The van der Waals surface area contributed by atoms with Crippen LogP contribution in [-0.2, 0) is 14.8 Å². The smallest absolute Gasteiger partial charge is 0.215 e. The van der Waals surface area contributed by atoms with Gasteiger partial charge in [-0.1, -0.05) is 42.5 Å². The molecule has 0 aromatic heterocycles. The molecule has 2 rings (SSSR count).